The molecule has 6 rings (SSSR count). The quantitative estimate of drug-likeness (QED) is 0.521. The Labute approximate surface area is 197 Å². The van der Waals surface area contributed by atoms with Gasteiger partial charge in [-0.1, -0.05) is 6.42 Å². The molecule has 34 heavy (non-hydrogen) atoms. The SMILES string of the molecule is Cn1c(C2CCC2)nc2cc(C(=O)NCc3n[nH]c4c3CCC4)cc(NC(=O)[C@H]3CCCO3)c21. The number of benzene rings is 1. The summed E-state index contributed by atoms with van der Waals surface area (Å²) in [6.45, 7) is 0.972. The molecule has 1 saturated heterocycles. The Morgan fingerprint density at radius 2 is 2.06 bits per heavy atom. The predicted molar refractivity (Wildman–Crippen MR) is 127 cm³/mol. The molecule has 1 saturated carbocycles. The number of aryl methyl sites for hydroxylation is 2. The van der Waals surface area contributed by atoms with Crippen LogP contribution in [0.4, 0.5) is 5.69 Å². The van der Waals surface area contributed by atoms with E-state index < -0.39 is 6.10 Å². The standard InChI is InChI=1S/C25H30N6O3/c1-31-22-18(27-23(31)14-5-2-6-14)11-15(12-19(22)28-25(33)21-9-4-10-34-21)24(32)26-13-20-16-7-3-8-17(16)29-30-20/h11-12,14,21H,2-10,13H2,1H3,(H,26,32)(H,28,33)(H,29,30)/t21-/m1/s1. The maximum absolute atomic E-state index is 13.1. The Hall–Kier alpha value is -3.20. The van der Waals surface area contributed by atoms with Gasteiger partial charge in [0.1, 0.15) is 11.9 Å². The first-order chi connectivity index (χ1) is 16.6. The summed E-state index contributed by atoms with van der Waals surface area (Å²) in [4.78, 5) is 30.9. The van der Waals surface area contributed by atoms with E-state index in [0.29, 0.717) is 36.7 Å². The number of hydrogen-bond acceptors (Lipinski definition) is 5. The molecule has 2 aliphatic carbocycles. The largest absolute Gasteiger partial charge is 0.368 e. The van der Waals surface area contributed by atoms with Gasteiger partial charge in [-0.05, 0) is 62.6 Å². The van der Waals surface area contributed by atoms with E-state index in [1.54, 1.807) is 6.07 Å². The normalized spacial score (nSPS) is 19.9. The third-order valence-corrected chi connectivity index (χ3v) is 7.52. The topological polar surface area (TPSA) is 114 Å². The molecular formula is C25H30N6O3. The third kappa shape index (κ3) is 3.68. The van der Waals surface area contributed by atoms with Crippen molar-refractivity contribution in [3.63, 3.8) is 0 Å². The van der Waals surface area contributed by atoms with E-state index in [0.717, 1.165) is 61.1 Å². The number of aromatic nitrogens is 4. The van der Waals surface area contributed by atoms with Gasteiger partial charge in [0, 0.05) is 30.8 Å². The number of ether oxygens (including phenoxy) is 1. The van der Waals surface area contributed by atoms with Gasteiger partial charge in [-0.3, -0.25) is 14.7 Å². The van der Waals surface area contributed by atoms with Crippen molar-refractivity contribution in [2.75, 3.05) is 11.9 Å². The van der Waals surface area contributed by atoms with E-state index >= 15 is 0 Å². The van der Waals surface area contributed by atoms with Crippen molar-refractivity contribution in [2.45, 2.75) is 69.9 Å². The Kier molecular flexibility index (Phi) is 5.36. The molecule has 2 aromatic heterocycles. The van der Waals surface area contributed by atoms with Crippen molar-refractivity contribution in [3.05, 3.63) is 40.5 Å². The summed E-state index contributed by atoms with van der Waals surface area (Å²) in [5, 5.41) is 13.5. The fraction of sp³-hybridized carbons (Fsp3) is 0.520. The van der Waals surface area contributed by atoms with Crippen LogP contribution in [-0.4, -0.2) is 44.3 Å². The first kappa shape index (κ1) is 21.3. The molecule has 3 aliphatic rings. The highest BCUT2D eigenvalue weighted by Gasteiger charge is 2.28. The highest BCUT2D eigenvalue weighted by molar-refractivity contribution is 6.06. The van der Waals surface area contributed by atoms with Crippen LogP contribution in [0.2, 0.25) is 0 Å². The van der Waals surface area contributed by atoms with Gasteiger partial charge in [-0.2, -0.15) is 5.10 Å². The summed E-state index contributed by atoms with van der Waals surface area (Å²) in [5.74, 6) is 1.06. The Bertz CT molecular complexity index is 1270. The number of nitrogens with one attached hydrogen (secondary N) is 3. The predicted octanol–water partition coefficient (Wildman–Crippen LogP) is 3.10. The summed E-state index contributed by atoms with van der Waals surface area (Å²) >= 11 is 0. The molecule has 9 heteroatoms. The Morgan fingerprint density at radius 3 is 2.82 bits per heavy atom. The van der Waals surface area contributed by atoms with Crippen molar-refractivity contribution < 1.29 is 14.3 Å². The van der Waals surface area contributed by atoms with Crippen molar-refractivity contribution in [1.29, 1.82) is 0 Å². The number of nitrogens with zero attached hydrogens (tertiary/aromatic N) is 3. The number of hydrogen-bond donors (Lipinski definition) is 3. The van der Waals surface area contributed by atoms with Crippen LogP contribution in [-0.2, 0) is 36.0 Å². The van der Waals surface area contributed by atoms with Crippen molar-refractivity contribution >= 4 is 28.5 Å². The van der Waals surface area contributed by atoms with Gasteiger partial charge < -0.3 is 19.9 Å². The van der Waals surface area contributed by atoms with E-state index in [2.05, 4.69) is 25.4 Å². The maximum Gasteiger partial charge on any atom is 0.253 e. The Morgan fingerprint density at radius 1 is 1.18 bits per heavy atom. The van der Waals surface area contributed by atoms with Gasteiger partial charge in [-0.15, -0.1) is 0 Å². The highest BCUT2D eigenvalue weighted by atomic mass is 16.5. The number of aromatic amines is 1. The van der Waals surface area contributed by atoms with Crippen LogP contribution in [0.5, 0.6) is 0 Å². The number of anilines is 1. The van der Waals surface area contributed by atoms with E-state index in [4.69, 9.17) is 9.72 Å². The van der Waals surface area contributed by atoms with Gasteiger partial charge in [0.25, 0.3) is 11.8 Å². The molecule has 1 aromatic carbocycles. The van der Waals surface area contributed by atoms with Crippen LogP contribution in [0.25, 0.3) is 11.0 Å². The van der Waals surface area contributed by atoms with Crippen LogP contribution in [0.3, 0.4) is 0 Å². The first-order valence-corrected chi connectivity index (χ1v) is 12.3. The number of carbonyl (C=O) groups is 2. The maximum atomic E-state index is 13.1. The second-order valence-corrected chi connectivity index (χ2v) is 9.70. The Balaban J connectivity index is 1.30. The first-order valence-electron chi connectivity index (χ1n) is 12.3. The van der Waals surface area contributed by atoms with Gasteiger partial charge >= 0.3 is 0 Å². The number of fused-ring (bicyclic) bond motifs is 2. The van der Waals surface area contributed by atoms with Crippen molar-refractivity contribution in [1.82, 2.24) is 25.1 Å². The summed E-state index contributed by atoms with van der Waals surface area (Å²) in [6, 6.07) is 3.58. The second kappa shape index (κ2) is 8.54. The minimum absolute atomic E-state index is 0.171. The second-order valence-electron chi connectivity index (χ2n) is 9.70. The molecule has 0 spiro atoms. The van der Waals surface area contributed by atoms with Crippen LogP contribution in [0.1, 0.15) is 77.6 Å². The molecule has 3 aromatic rings. The minimum Gasteiger partial charge on any atom is -0.368 e. The van der Waals surface area contributed by atoms with Crippen LogP contribution in [0.15, 0.2) is 12.1 Å². The average Bonchev–Trinajstić information content (AvgIpc) is 3.57. The molecule has 0 bridgehead atoms. The molecule has 1 aliphatic heterocycles. The summed E-state index contributed by atoms with van der Waals surface area (Å²) in [5.41, 5.74) is 5.95. The summed E-state index contributed by atoms with van der Waals surface area (Å²) in [6.07, 6.45) is 7.73. The average molecular weight is 463 g/mol. The molecule has 1 atom stereocenters. The van der Waals surface area contributed by atoms with Gasteiger partial charge in [0.15, 0.2) is 0 Å². The lowest BCUT2D eigenvalue weighted by atomic mass is 9.85. The molecule has 3 heterocycles. The fourth-order valence-electron chi connectivity index (χ4n) is 5.43. The molecule has 0 unspecified atom stereocenters. The molecule has 0 radical (unpaired) electrons. The lowest BCUT2D eigenvalue weighted by Crippen LogP contribution is -2.28. The van der Waals surface area contributed by atoms with E-state index in [9.17, 15) is 9.59 Å². The number of imidazole rings is 1. The zero-order valence-corrected chi connectivity index (χ0v) is 19.4. The van der Waals surface area contributed by atoms with Gasteiger partial charge in [0.05, 0.1) is 29.0 Å². The van der Waals surface area contributed by atoms with E-state index in [1.807, 2.05) is 13.1 Å². The zero-order valence-electron chi connectivity index (χ0n) is 19.4. The van der Waals surface area contributed by atoms with Gasteiger partial charge in [-0.25, -0.2) is 4.98 Å². The fourth-order valence-corrected chi connectivity index (χ4v) is 5.43. The lowest BCUT2D eigenvalue weighted by Gasteiger charge is -2.24. The van der Waals surface area contributed by atoms with E-state index in [-0.39, 0.29) is 11.8 Å². The van der Waals surface area contributed by atoms with Crippen LogP contribution >= 0.6 is 0 Å². The van der Waals surface area contributed by atoms with E-state index in [1.165, 1.54) is 17.7 Å². The number of rotatable bonds is 6. The molecular weight excluding hydrogens is 432 g/mol. The molecule has 9 nitrogen and oxygen atoms in total. The number of carbonyl (C=O) groups excluding carboxylic acids is 2. The smallest absolute Gasteiger partial charge is 0.253 e. The number of amides is 2. The number of H-pyrrole nitrogens is 1. The van der Waals surface area contributed by atoms with Gasteiger partial charge in [0.2, 0.25) is 0 Å². The molecule has 3 N–H and O–H groups in total. The molecule has 178 valence electrons. The highest BCUT2D eigenvalue weighted by Crippen LogP contribution is 2.38. The zero-order chi connectivity index (χ0) is 23.2. The minimum atomic E-state index is -0.450. The third-order valence-electron chi connectivity index (χ3n) is 7.52. The van der Waals surface area contributed by atoms with Crippen molar-refractivity contribution in [2.24, 2.45) is 7.05 Å². The van der Waals surface area contributed by atoms with Crippen molar-refractivity contribution in [3.8, 4) is 0 Å². The van der Waals surface area contributed by atoms with Crippen LogP contribution < -0.4 is 10.6 Å². The summed E-state index contributed by atoms with van der Waals surface area (Å²) < 4.78 is 7.64. The monoisotopic (exact) mass is 462 g/mol. The summed E-state index contributed by atoms with van der Waals surface area (Å²) in [7, 11) is 1.99. The molecule has 2 amide bonds. The van der Waals surface area contributed by atoms with Crippen LogP contribution in [0, 0.1) is 0 Å². The lowest BCUT2D eigenvalue weighted by molar-refractivity contribution is -0.124. The molecule has 2 fully saturated rings.